The molecule has 1 amide bonds. The van der Waals surface area contributed by atoms with E-state index in [1.807, 2.05) is 20.8 Å². The molecule has 0 aliphatic carbocycles. The zero-order valence-electron chi connectivity index (χ0n) is 16.9. The van der Waals surface area contributed by atoms with E-state index in [1.165, 1.54) is 4.31 Å². The highest BCUT2D eigenvalue weighted by molar-refractivity contribution is 7.89. The lowest BCUT2D eigenvalue weighted by molar-refractivity contribution is -0.117. The molecule has 9 heteroatoms. The van der Waals surface area contributed by atoms with Crippen LogP contribution < -0.4 is 10.2 Å². The minimum Gasteiger partial charge on any atom is -0.381 e. The minimum absolute atomic E-state index is 0.172. The summed E-state index contributed by atoms with van der Waals surface area (Å²) in [6, 6.07) is 4.92. The molecule has 0 unspecified atom stereocenters. The lowest BCUT2D eigenvalue weighted by Gasteiger charge is -2.28. The first-order valence-electron chi connectivity index (χ1n) is 9.78. The number of sulfonamides is 1. The maximum atomic E-state index is 13.0. The summed E-state index contributed by atoms with van der Waals surface area (Å²) < 4.78 is 37.9. The van der Waals surface area contributed by atoms with Crippen LogP contribution >= 0.6 is 0 Å². The summed E-state index contributed by atoms with van der Waals surface area (Å²) in [6.45, 7) is 9.70. The maximum absolute atomic E-state index is 13.0. The van der Waals surface area contributed by atoms with Gasteiger partial charge in [-0.3, -0.25) is 4.79 Å². The fraction of sp³-hybridized carbons (Fsp3) is 0.632. The van der Waals surface area contributed by atoms with Crippen molar-refractivity contribution >= 4 is 27.3 Å². The molecule has 2 rings (SSSR count). The van der Waals surface area contributed by atoms with Crippen molar-refractivity contribution in [2.24, 2.45) is 0 Å². The Bertz CT molecular complexity index is 744. The normalized spacial score (nSPS) is 15.4. The van der Waals surface area contributed by atoms with Gasteiger partial charge in [0.25, 0.3) is 0 Å². The van der Waals surface area contributed by atoms with Gasteiger partial charge < -0.3 is 19.7 Å². The number of ether oxygens (including phenoxy) is 2. The van der Waals surface area contributed by atoms with Crippen LogP contribution in [-0.2, 0) is 24.3 Å². The van der Waals surface area contributed by atoms with Gasteiger partial charge in [-0.2, -0.15) is 4.31 Å². The van der Waals surface area contributed by atoms with Crippen LogP contribution in [0, 0.1) is 0 Å². The Hall–Kier alpha value is -1.68. The fourth-order valence-corrected chi connectivity index (χ4v) is 4.51. The third-order valence-corrected chi connectivity index (χ3v) is 6.53. The van der Waals surface area contributed by atoms with Crippen molar-refractivity contribution in [3.63, 3.8) is 0 Å². The molecule has 8 nitrogen and oxygen atoms in total. The number of morpholine rings is 1. The number of benzene rings is 1. The summed E-state index contributed by atoms with van der Waals surface area (Å²) in [5, 5.41) is 2.87. The standard InChI is InChI=1S/C19H31N3O5S/c1-4-21(5-2)18-8-7-16(28(24,25)22-10-13-27-14-11-22)15-17(18)20-19(23)9-12-26-6-3/h7-8,15H,4-6,9-14H2,1-3H3,(H,20,23). The molecule has 1 aliphatic rings. The second-order valence-electron chi connectivity index (χ2n) is 6.36. The first kappa shape index (κ1) is 22.6. The van der Waals surface area contributed by atoms with Crippen LogP contribution in [0.3, 0.4) is 0 Å². The molecule has 1 saturated heterocycles. The number of hydrogen-bond acceptors (Lipinski definition) is 6. The zero-order chi connectivity index (χ0) is 20.6. The summed E-state index contributed by atoms with van der Waals surface area (Å²) in [5.74, 6) is -0.206. The monoisotopic (exact) mass is 413 g/mol. The molecule has 1 aromatic rings. The molecule has 1 aliphatic heterocycles. The van der Waals surface area contributed by atoms with Gasteiger partial charge in [0.1, 0.15) is 0 Å². The first-order chi connectivity index (χ1) is 13.4. The van der Waals surface area contributed by atoms with Gasteiger partial charge in [0.05, 0.1) is 42.5 Å². The van der Waals surface area contributed by atoms with E-state index in [-0.39, 0.29) is 17.2 Å². The fourth-order valence-electron chi connectivity index (χ4n) is 3.07. The molecule has 1 N–H and O–H groups in total. The van der Waals surface area contributed by atoms with E-state index in [2.05, 4.69) is 10.2 Å². The van der Waals surface area contributed by atoms with E-state index in [0.717, 1.165) is 18.8 Å². The molecule has 0 radical (unpaired) electrons. The number of carbonyl (C=O) groups is 1. The number of rotatable bonds is 10. The summed E-state index contributed by atoms with van der Waals surface area (Å²) in [6.07, 6.45) is 0.214. The van der Waals surface area contributed by atoms with Gasteiger partial charge in [-0.15, -0.1) is 0 Å². The molecular weight excluding hydrogens is 382 g/mol. The van der Waals surface area contributed by atoms with Crippen molar-refractivity contribution in [2.75, 3.05) is 62.8 Å². The van der Waals surface area contributed by atoms with Crippen molar-refractivity contribution in [3.05, 3.63) is 18.2 Å². The number of amides is 1. The van der Waals surface area contributed by atoms with Crippen molar-refractivity contribution in [1.82, 2.24) is 4.31 Å². The van der Waals surface area contributed by atoms with Crippen LogP contribution in [0.5, 0.6) is 0 Å². The number of carbonyl (C=O) groups excluding carboxylic acids is 1. The highest BCUT2D eigenvalue weighted by Crippen LogP contribution is 2.30. The van der Waals surface area contributed by atoms with E-state index >= 15 is 0 Å². The van der Waals surface area contributed by atoms with Gasteiger partial charge in [0.15, 0.2) is 0 Å². The van der Waals surface area contributed by atoms with Crippen LogP contribution in [0.25, 0.3) is 0 Å². The average molecular weight is 414 g/mol. The minimum atomic E-state index is -3.64. The van der Waals surface area contributed by atoms with E-state index in [4.69, 9.17) is 9.47 Å². The summed E-state index contributed by atoms with van der Waals surface area (Å²) in [7, 11) is -3.64. The second-order valence-corrected chi connectivity index (χ2v) is 8.30. The quantitative estimate of drug-likeness (QED) is 0.590. The van der Waals surface area contributed by atoms with Crippen LogP contribution in [0.2, 0.25) is 0 Å². The second kappa shape index (κ2) is 10.8. The van der Waals surface area contributed by atoms with E-state index in [1.54, 1.807) is 18.2 Å². The van der Waals surface area contributed by atoms with E-state index in [9.17, 15) is 13.2 Å². The Morgan fingerprint density at radius 2 is 1.89 bits per heavy atom. The summed E-state index contributed by atoms with van der Waals surface area (Å²) in [5.41, 5.74) is 1.30. The Morgan fingerprint density at radius 1 is 1.21 bits per heavy atom. The predicted molar refractivity (Wildman–Crippen MR) is 109 cm³/mol. The van der Waals surface area contributed by atoms with Crippen molar-refractivity contribution in [3.8, 4) is 0 Å². The van der Waals surface area contributed by atoms with Crippen LogP contribution in [0.4, 0.5) is 11.4 Å². The van der Waals surface area contributed by atoms with Crippen LogP contribution in [0.1, 0.15) is 27.2 Å². The smallest absolute Gasteiger partial charge is 0.243 e. The number of nitrogens with one attached hydrogen (secondary N) is 1. The first-order valence-corrected chi connectivity index (χ1v) is 11.2. The van der Waals surface area contributed by atoms with E-state index < -0.39 is 10.0 Å². The van der Waals surface area contributed by atoms with Crippen molar-refractivity contribution in [1.29, 1.82) is 0 Å². The molecule has 1 fully saturated rings. The zero-order valence-corrected chi connectivity index (χ0v) is 17.8. The predicted octanol–water partition coefficient (Wildman–Crippen LogP) is 1.92. The molecule has 1 aromatic carbocycles. The number of nitrogens with zero attached hydrogens (tertiary/aromatic N) is 2. The van der Waals surface area contributed by atoms with Gasteiger partial charge in [0.2, 0.25) is 15.9 Å². The van der Waals surface area contributed by atoms with Gasteiger partial charge in [0, 0.05) is 32.8 Å². The Morgan fingerprint density at radius 3 is 2.50 bits per heavy atom. The molecule has 0 atom stereocenters. The van der Waals surface area contributed by atoms with Gasteiger partial charge in [-0.25, -0.2) is 8.42 Å². The Balaban J connectivity index is 2.32. The van der Waals surface area contributed by atoms with Gasteiger partial charge >= 0.3 is 0 Å². The third kappa shape index (κ3) is 5.66. The Labute approximate surface area is 167 Å². The molecule has 0 aromatic heterocycles. The van der Waals surface area contributed by atoms with Crippen molar-refractivity contribution in [2.45, 2.75) is 32.1 Å². The molecular formula is C19H31N3O5S. The SMILES string of the molecule is CCOCCC(=O)Nc1cc(S(=O)(=O)N2CCOCC2)ccc1N(CC)CC. The molecule has 0 spiro atoms. The largest absolute Gasteiger partial charge is 0.381 e. The molecule has 0 bridgehead atoms. The number of anilines is 2. The van der Waals surface area contributed by atoms with E-state index in [0.29, 0.717) is 45.2 Å². The lowest BCUT2D eigenvalue weighted by Crippen LogP contribution is -2.40. The molecule has 0 saturated carbocycles. The third-order valence-electron chi connectivity index (χ3n) is 4.63. The van der Waals surface area contributed by atoms with Crippen LogP contribution in [0.15, 0.2) is 23.1 Å². The maximum Gasteiger partial charge on any atom is 0.243 e. The Kier molecular flexibility index (Phi) is 8.68. The van der Waals surface area contributed by atoms with Gasteiger partial charge in [-0.05, 0) is 39.0 Å². The number of hydrogen-bond donors (Lipinski definition) is 1. The summed E-state index contributed by atoms with van der Waals surface area (Å²) >= 11 is 0. The molecule has 1 heterocycles. The van der Waals surface area contributed by atoms with Crippen molar-refractivity contribution < 1.29 is 22.7 Å². The topological polar surface area (TPSA) is 88.2 Å². The highest BCUT2D eigenvalue weighted by Gasteiger charge is 2.27. The van der Waals surface area contributed by atoms with Crippen LogP contribution in [-0.4, -0.2) is 71.2 Å². The highest BCUT2D eigenvalue weighted by atomic mass is 32.2. The van der Waals surface area contributed by atoms with Gasteiger partial charge in [-0.1, -0.05) is 0 Å². The average Bonchev–Trinajstić information content (AvgIpc) is 2.70. The lowest BCUT2D eigenvalue weighted by atomic mass is 10.2. The molecule has 158 valence electrons. The summed E-state index contributed by atoms with van der Waals surface area (Å²) in [4.78, 5) is 14.6. The molecule has 28 heavy (non-hydrogen) atoms.